The van der Waals surface area contributed by atoms with Crippen molar-refractivity contribution in [3.63, 3.8) is 0 Å². The summed E-state index contributed by atoms with van der Waals surface area (Å²) in [6.45, 7) is 5.36. The first-order valence-corrected chi connectivity index (χ1v) is 12.7. The highest BCUT2D eigenvalue weighted by Gasteiger charge is 2.19. The van der Waals surface area contributed by atoms with E-state index in [1.54, 1.807) is 36.5 Å². The minimum absolute atomic E-state index is 0.149. The van der Waals surface area contributed by atoms with Crippen molar-refractivity contribution in [1.82, 2.24) is 9.62 Å². The maximum absolute atomic E-state index is 12.6. The van der Waals surface area contributed by atoms with Gasteiger partial charge in [0.2, 0.25) is 10.0 Å². The van der Waals surface area contributed by atoms with Crippen molar-refractivity contribution in [1.29, 1.82) is 0 Å². The van der Waals surface area contributed by atoms with E-state index in [-0.39, 0.29) is 17.5 Å². The smallest absolute Gasteiger partial charge is 0.241 e. The Morgan fingerprint density at radius 2 is 1.87 bits per heavy atom. The van der Waals surface area contributed by atoms with Gasteiger partial charge in [0.1, 0.15) is 11.9 Å². The predicted octanol–water partition coefficient (Wildman–Crippen LogP) is 5.09. The molecule has 0 aliphatic heterocycles. The van der Waals surface area contributed by atoms with Gasteiger partial charge < -0.3 is 4.74 Å². The van der Waals surface area contributed by atoms with Gasteiger partial charge in [-0.3, -0.25) is 4.90 Å². The highest BCUT2D eigenvalue weighted by molar-refractivity contribution is 7.89. The van der Waals surface area contributed by atoms with Crippen LogP contribution in [0.25, 0.3) is 0 Å². The molecular weight excluding hydrogens is 452 g/mol. The van der Waals surface area contributed by atoms with Crippen molar-refractivity contribution in [3.8, 4) is 5.75 Å². The number of benzene rings is 2. The summed E-state index contributed by atoms with van der Waals surface area (Å²) in [6.07, 6.45) is -0.340. The van der Waals surface area contributed by atoms with Crippen LogP contribution in [-0.4, -0.2) is 33.0 Å². The van der Waals surface area contributed by atoms with E-state index >= 15 is 0 Å². The molecule has 3 rings (SSSR count). The average molecular weight is 479 g/mol. The van der Waals surface area contributed by atoms with Crippen LogP contribution >= 0.6 is 22.9 Å². The van der Waals surface area contributed by atoms with E-state index in [0.29, 0.717) is 16.3 Å². The highest BCUT2D eigenvalue weighted by atomic mass is 35.5. The number of halogens is 1. The van der Waals surface area contributed by atoms with Gasteiger partial charge in [-0.05, 0) is 78.7 Å². The van der Waals surface area contributed by atoms with Gasteiger partial charge in [0.15, 0.2) is 0 Å². The van der Waals surface area contributed by atoms with Crippen LogP contribution in [0.1, 0.15) is 23.6 Å². The van der Waals surface area contributed by atoms with E-state index in [1.165, 1.54) is 5.56 Å². The van der Waals surface area contributed by atoms with Crippen molar-refractivity contribution >= 4 is 33.0 Å². The zero-order chi connectivity index (χ0) is 22.4. The van der Waals surface area contributed by atoms with E-state index in [9.17, 15) is 8.42 Å². The third kappa shape index (κ3) is 6.79. The Labute approximate surface area is 193 Å². The monoisotopic (exact) mass is 478 g/mol. The molecule has 0 fully saturated rings. The minimum atomic E-state index is -3.67. The van der Waals surface area contributed by atoms with Gasteiger partial charge in [-0.15, -0.1) is 0 Å². The van der Waals surface area contributed by atoms with Crippen LogP contribution in [-0.2, 0) is 23.1 Å². The van der Waals surface area contributed by atoms with Gasteiger partial charge in [-0.1, -0.05) is 29.8 Å². The summed E-state index contributed by atoms with van der Waals surface area (Å²) >= 11 is 7.76. The molecule has 1 N–H and O–H groups in total. The topological polar surface area (TPSA) is 58.6 Å². The lowest BCUT2D eigenvalue weighted by atomic mass is 10.2. The highest BCUT2D eigenvalue weighted by Crippen LogP contribution is 2.23. The van der Waals surface area contributed by atoms with Crippen LogP contribution in [0.2, 0.25) is 5.02 Å². The number of sulfonamides is 1. The van der Waals surface area contributed by atoms with E-state index in [4.69, 9.17) is 16.3 Å². The van der Waals surface area contributed by atoms with Gasteiger partial charge in [0, 0.05) is 24.7 Å². The van der Waals surface area contributed by atoms with E-state index in [0.717, 1.165) is 18.7 Å². The minimum Gasteiger partial charge on any atom is -0.489 e. The van der Waals surface area contributed by atoms with Gasteiger partial charge >= 0.3 is 0 Å². The molecule has 1 atom stereocenters. The Bertz CT molecular complexity index is 1100. The molecule has 31 heavy (non-hydrogen) atoms. The Morgan fingerprint density at radius 1 is 1.13 bits per heavy atom. The van der Waals surface area contributed by atoms with Gasteiger partial charge in [0.25, 0.3) is 0 Å². The largest absolute Gasteiger partial charge is 0.489 e. The molecule has 166 valence electrons. The average Bonchev–Trinajstić information content (AvgIpc) is 3.21. The molecule has 0 radical (unpaired) electrons. The molecular formula is C23H27ClN2O3S2. The Kier molecular flexibility index (Phi) is 8.13. The standard InChI is InChI=1S/C23H27ClN2O3S2/c1-17(13-25-31(27,28)23-9-5-8-22(24)18(23)2)29-21-7-4-6-19(12-21)14-26(3)15-20-10-11-30-16-20/h4-12,16-17,25H,13-15H2,1-3H3/t17-/m0/s1. The Hall–Kier alpha value is -1.90. The molecule has 0 amide bonds. The van der Waals surface area contributed by atoms with Crippen molar-refractivity contribution in [2.24, 2.45) is 0 Å². The number of nitrogens with zero attached hydrogens (tertiary/aromatic N) is 1. The molecule has 1 heterocycles. The van der Waals surface area contributed by atoms with Crippen molar-refractivity contribution < 1.29 is 13.2 Å². The van der Waals surface area contributed by atoms with Crippen LogP contribution in [0.5, 0.6) is 5.75 Å². The Morgan fingerprint density at radius 3 is 2.61 bits per heavy atom. The number of ether oxygens (including phenoxy) is 1. The molecule has 2 aromatic carbocycles. The second kappa shape index (κ2) is 10.6. The van der Waals surface area contributed by atoms with Gasteiger partial charge in [-0.2, -0.15) is 11.3 Å². The first-order valence-electron chi connectivity index (χ1n) is 9.94. The lowest BCUT2D eigenvalue weighted by Crippen LogP contribution is -2.34. The summed E-state index contributed by atoms with van der Waals surface area (Å²) in [7, 11) is -1.59. The van der Waals surface area contributed by atoms with Gasteiger partial charge in [-0.25, -0.2) is 13.1 Å². The quantitative estimate of drug-likeness (QED) is 0.441. The van der Waals surface area contributed by atoms with Crippen LogP contribution in [0, 0.1) is 6.92 Å². The molecule has 0 aliphatic rings. The van der Waals surface area contributed by atoms with Crippen LogP contribution < -0.4 is 9.46 Å². The molecule has 0 spiro atoms. The van der Waals surface area contributed by atoms with E-state index < -0.39 is 10.0 Å². The summed E-state index contributed by atoms with van der Waals surface area (Å²) in [5.41, 5.74) is 2.97. The molecule has 0 bridgehead atoms. The number of thiophene rings is 1. The molecule has 3 aromatic rings. The molecule has 1 aromatic heterocycles. The second-order valence-electron chi connectivity index (χ2n) is 7.59. The lowest BCUT2D eigenvalue weighted by Gasteiger charge is -2.19. The summed E-state index contributed by atoms with van der Waals surface area (Å²) < 4.78 is 33.8. The van der Waals surface area contributed by atoms with E-state index in [2.05, 4.69) is 39.6 Å². The Balaban J connectivity index is 1.56. The number of rotatable bonds is 10. The van der Waals surface area contributed by atoms with Crippen LogP contribution in [0.15, 0.2) is 64.2 Å². The maximum atomic E-state index is 12.6. The predicted molar refractivity (Wildman–Crippen MR) is 127 cm³/mol. The SMILES string of the molecule is Cc1c(Cl)cccc1S(=O)(=O)NC[C@H](C)Oc1cccc(CN(C)Cc2ccsc2)c1. The summed E-state index contributed by atoms with van der Waals surface area (Å²) in [5.74, 6) is 0.715. The third-order valence-electron chi connectivity index (χ3n) is 4.79. The second-order valence-corrected chi connectivity index (χ2v) is 10.5. The molecule has 5 nitrogen and oxygen atoms in total. The fraction of sp³-hybridized carbons (Fsp3) is 0.304. The first kappa shape index (κ1) is 23.8. The number of nitrogens with one attached hydrogen (secondary N) is 1. The number of hydrogen-bond donors (Lipinski definition) is 1. The zero-order valence-corrected chi connectivity index (χ0v) is 20.2. The summed E-state index contributed by atoms with van der Waals surface area (Å²) in [6, 6.07) is 14.9. The molecule has 0 unspecified atom stereocenters. The van der Waals surface area contributed by atoms with Crippen molar-refractivity contribution in [2.45, 2.75) is 37.9 Å². The van der Waals surface area contributed by atoms with Crippen molar-refractivity contribution in [3.05, 3.63) is 81.0 Å². The summed E-state index contributed by atoms with van der Waals surface area (Å²) in [4.78, 5) is 2.43. The molecule has 0 aliphatic carbocycles. The lowest BCUT2D eigenvalue weighted by molar-refractivity contribution is 0.224. The normalized spacial score (nSPS) is 12.8. The fourth-order valence-electron chi connectivity index (χ4n) is 3.24. The maximum Gasteiger partial charge on any atom is 0.241 e. The third-order valence-corrected chi connectivity index (χ3v) is 7.50. The fourth-order valence-corrected chi connectivity index (χ4v) is 5.51. The zero-order valence-electron chi connectivity index (χ0n) is 17.8. The molecule has 8 heteroatoms. The molecule has 0 saturated heterocycles. The van der Waals surface area contributed by atoms with Crippen LogP contribution in [0.3, 0.4) is 0 Å². The summed E-state index contributed by atoms with van der Waals surface area (Å²) in [5, 5.41) is 4.66. The van der Waals surface area contributed by atoms with Gasteiger partial charge in [0.05, 0.1) is 4.90 Å². The number of hydrogen-bond acceptors (Lipinski definition) is 5. The first-order chi connectivity index (χ1) is 14.7. The molecule has 0 saturated carbocycles. The van der Waals surface area contributed by atoms with Crippen molar-refractivity contribution in [2.75, 3.05) is 13.6 Å². The van der Waals surface area contributed by atoms with E-state index in [1.807, 2.05) is 25.1 Å². The van der Waals surface area contributed by atoms with Crippen LogP contribution in [0.4, 0.5) is 0 Å².